The van der Waals surface area contributed by atoms with Crippen LogP contribution >= 0.6 is 23.2 Å². The standard InChI is InChI=1S/C12H15Cl2N5O/c1-3-20-6-7(2)19-12(16-17-18-19)9-4-8(15)5-10(13)11(9)14/h4-5,7H,3,6,15H2,1-2H3. The van der Waals surface area contributed by atoms with Crippen molar-refractivity contribution in [3.05, 3.63) is 22.2 Å². The van der Waals surface area contributed by atoms with Crippen LogP contribution in [0.2, 0.25) is 10.0 Å². The van der Waals surface area contributed by atoms with Gasteiger partial charge in [0.2, 0.25) is 0 Å². The second-order valence-corrected chi connectivity index (χ2v) is 5.10. The summed E-state index contributed by atoms with van der Waals surface area (Å²) < 4.78 is 7.03. The third-order valence-corrected chi connectivity index (χ3v) is 3.57. The fraction of sp³-hybridized carbons (Fsp3) is 0.417. The summed E-state index contributed by atoms with van der Waals surface area (Å²) in [7, 11) is 0. The third-order valence-electron chi connectivity index (χ3n) is 2.76. The second kappa shape index (κ2) is 6.39. The molecule has 0 saturated carbocycles. The number of hydrogen-bond acceptors (Lipinski definition) is 5. The molecule has 0 aliphatic heterocycles. The molecular weight excluding hydrogens is 301 g/mol. The molecule has 0 aliphatic rings. The van der Waals surface area contributed by atoms with Crippen molar-refractivity contribution < 1.29 is 4.74 Å². The molecule has 2 aromatic rings. The minimum Gasteiger partial charge on any atom is -0.399 e. The van der Waals surface area contributed by atoms with Crippen LogP contribution in [0.1, 0.15) is 19.9 Å². The Morgan fingerprint density at radius 2 is 2.15 bits per heavy atom. The van der Waals surface area contributed by atoms with Gasteiger partial charge in [-0.1, -0.05) is 23.2 Å². The van der Waals surface area contributed by atoms with Gasteiger partial charge in [0.15, 0.2) is 5.82 Å². The van der Waals surface area contributed by atoms with E-state index < -0.39 is 0 Å². The van der Waals surface area contributed by atoms with Crippen molar-refractivity contribution in [2.45, 2.75) is 19.9 Å². The number of anilines is 1. The maximum Gasteiger partial charge on any atom is 0.183 e. The summed E-state index contributed by atoms with van der Waals surface area (Å²) in [6.07, 6.45) is 0. The van der Waals surface area contributed by atoms with Gasteiger partial charge in [0.1, 0.15) is 0 Å². The molecule has 2 N–H and O–H groups in total. The molecule has 1 unspecified atom stereocenters. The Morgan fingerprint density at radius 3 is 2.85 bits per heavy atom. The Kier molecular flexibility index (Phi) is 4.80. The van der Waals surface area contributed by atoms with Crippen LogP contribution < -0.4 is 5.73 Å². The van der Waals surface area contributed by atoms with Crippen LogP contribution in [0.3, 0.4) is 0 Å². The fourth-order valence-corrected chi connectivity index (χ4v) is 2.22. The largest absolute Gasteiger partial charge is 0.399 e. The molecule has 2 rings (SSSR count). The highest BCUT2D eigenvalue weighted by Crippen LogP contribution is 2.35. The molecule has 1 aromatic carbocycles. The molecular formula is C12H15Cl2N5O. The minimum atomic E-state index is -0.0313. The van der Waals surface area contributed by atoms with Gasteiger partial charge in [0.05, 0.1) is 22.7 Å². The zero-order chi connectivity index (χ0) is 14.7. The summed E-state index contributed by atoms with van der Waals surface area (Å²) in [5, 5.41) is 12.4. The van der Waals surface area contributed by atoms with Crippen LogP contribution in [0.5, 0.6) is 0 Å². The number of ether oxygens (including phenoxy) is 1. The molecule has 1 atom stereocenters. The predicted molar refractivity (Wildman–Crippen MR) is 78.9 cm³/mol. The molecule has 20 heavy (non-hydrogen) atoms. The smallest absolute Gasteiger partial charge is 0.183 e. The van der Waals surface area contributed by atoms with Crippen molar-refractivity contribution in [3.8, 4) is 11.4 Å². The molecule has 6 nitrogen and oxygen atoms in total. The van der Waals surface area contributed by atoms with Crippen molar-refractivity contribution in [2.75, 3.05) is 18.9 Å². The van der Waals surface area contributed by atoms with Crippen LogP contribution in [0.4, 0.5) is 5.69 Å². The fourth-order valence-electron chi connectivity index (χ4n) is 1.80. The molecule has 0 fully saturated rings. The Bertz CT molecular complexity index is 602. The number of aromatic nitrogens is 4. The number of nitrogens with zero attached hydrogens (tertiary/aromatic N) is 4. The molecule has 0 radical (unpaired) electrons. The summed E-state index contributed by atoms with van der Waals surface area (Å²) >= 11 is 12.2. The van der Waals surface area contributed by atoms with Gasteiger partial charge in [-0.2, -0.15) is 0 Å². The topological polar surface area (TPSA) is 78.8 Å². The number of rotatable bonds is 5. The Morgan fingerprint density at radius 1 is 1.40 bits per heavy atom. The predicted octanol–water partition coefficient (Wildman–Crippen LogP) is 2.83. The SMILES string of the molecule is CCOCC(C)n1nnnc1-c1cc(N)cc(Cl)c1Cl. The van der Waals surface area contributed by atoms with Gasteiger partial charge >= 0.3 is 0 Å². The molecule has 1 heterocycles. The van der Waals surface area contributed by atoms with E-state index in [-0.39, 0.29) is 6.04 Å². The number of tetrazole rings is 1. The second-order valence-electron chi connectivity index (χ2n) is 4.32. The average Bonchev–Trinajstić information content (AvgIpc) is 2.89. The zero-order valence-electron chi connectivity index (χ0n) is 11.2. The molecule has 0 amide bonds. The van der Waals surface area contributed by atoms with E-state index in [1.807, 2.05) is 13.8 Å². The quantitative estimate of drug-likeness (QED) is 0.858. The van der Waals surface area contributed by atoms with E-state index in [1.165, 1.54) is 0 Å². The Labute approximate surface area is 126 Å². The lowest BCUT2D eigenvalue weighted by molar-refractivity contribution is 0.115. The van der Waals surface area contributed by atoms with Gasteiger partial charge in [-0.25, -0.2) is 4.68 Å². The highest BCUT2D eigenvalue weighted by molar-refractivity contribution is 6.43. The normalized spacial score (nSPS) is 12.6. The highest BCUT2D eigenvalue weighted by atomic mass is 35.5. The lowest BCUT2D eigenvalue weighted by atomic mass is 10.2. The van der Waals surface area contributed by atoms with Crippen molar-refractivity contribution in [1.82, 2.24) is 20.2 Å². The minimum absolute atomic E-state index is 0.0313. The lowest BCUT2D eigenvalue weighted by Gasteiger charge is -2.14. The highest BCUT2D eigenvalue weighted by Gasteiger charge is 2.19. The monoisotopic (exact) mass is 315 g/mol. The Balaban J connectivity index is 2.42. The van der Waals surface area contributed by atoms with E-state index in [2.05, 4.69) is 15.5 Å². The average molecular weight is 316 g/mol. The zero-order valence-corrected chi connectivity index (χ0v) is 12.7. The van der Waals surface area contributed by atoms with E-state index in [4.69, 9.17) is 33.7 Å². The van der Waals surface area contributed by atoms with E-state index in [9.17, 15) is 0 Å². The molecule has 0 aliphatic carbocycles. The maximum atomic E-state index is 6.21. The molecule has 0 spiro atoms. The van der Waals surface area contributed by atoms with E-state index in [0.717, 1.165) is 0 Å². The number of hydrogen-bond donors (Lipinski definition) is 1. The van der Waals surface area contributed by atoms with Crippen molar-refractivity contribution in [3.63, 3.8) is 0 Å². The molecule has 1 aromatic heterocycles. The van der Waals surface area contributed by atoms with Crippen LogP contribution in [-0.4, -0.2) is 33.4 Å². The number of halogens is 2. The number of nitrogen functional groups attached to an aromatic ring is 1. The first-order valence-electron chi connectivity index (χ1n) is 6.15. The summed E-state index contributed by atoms with van der Waals surface area (Å²) in [6.45, 7) is 5.02. The molecule has 0 saturated heterocycles. The van der Waals surface area contributed by atoms with Crippen LogP contribution in [0.15, 0.2) is 12.1 Å². The Hall–Kier alpha value is -1.37. The van der Waals surface area contributed by atoms with Crippen molar-refractivity contribution >= 4 is 28.9 Å². The summed E-state index contributed by atoms with van der Waals surface area (Å²) in [5.74, 6) is 0.511. The van der Waals surface area contributed by atoms with Gasteiger partial charge in [0, 0.05) is 17.9 Å². The van der Waals surface area contributed by atoms with E-state index in [0.29, 0.717) is 40.3 Å². The first-order valence-corrected chi connectivity index (χ1v) is 6.90. The first kappa shape index (κ1) is 15.0. The van der Waals surface area contributed by atoms with Gasteiger partial charge in [-0.3, -0.25) is 0 Å². The van der Waals surface area contributed by atoms with Crippen molar-refractivity contribution in [2.24, 2.45) is 0 Å². The van der Waals surface area contributed by atoms with Crippen molar-refractivity contribution in [1.29, 1.82) is 0 Å². The van der Waals surface area contributed by atoms with E-state index >= 15 is 0 Å². The van der Waals surface area contributed by atoms with Gasteiger partial charge < -0.3 is 10.5 Å². The van der Waals surface area contributed by atoms with Crippen LogP contribution in [0.25, 0.3) is 11.4 Å². The van der Waals surface area contributed by atoms with Crippen LogP contribution in [-0.2, 0) is 4.74 Å². The van der Waals surface area contributed by atoms with Gasteiger partial charge in [-0.15, -0.1) is 5.10 Å². The summed E-state index contributed by atoms with van der Waals surface area (Å²) in [5.41, 5.74) is 6.90. The molecule has 108 valence electrons. The summed E-state index contributed by atoms with van der Waals surface area (Å²) in [4.78, 5) is 0. The third kappa shape index (κ3) is 3.03. The lowest BCUT2D eigenvalue weighted by Crippen LogP contribution is -2.15. The van der Waals surface area contributed by atoms with Crippen LogP contribution in [0, 0.1) is 0 Å². The molecule has 8 heteroatoms. The maximum absolute atomic E-state index is 6.21. The van der Waals surface area contributed by atoms with E-state index in [1.54, 1.807) is 16.8 Å². The number of benzene rings is 1. The van der Waals surface area contributed by atoms with Gasteiger partial charge in [0.25, 0.3) is 0 Å². The summed E-state index contributed by atoms with van der Waals surface area (Å²) in [6, 6.07) is 3.26. The molecule has 0 bridgehead atoms. The first-order chi connectivity index (χ1) is 9.54. The van der Waals surface area contributed by atoms with Gasteiger partial charge in [-0.05, 0) is 36.4 Å². The number of nitrogens with two attached hydrogens (primary N) is 1.